The van der Waals surface area contributed by atoms with Gasteiger partial charge in [0.25, 0.3) is 11.6 Å². The molecule has 1 heterocycles. The molecular weight excluding hydrogens is 418 g/mol. The molecule has 0 radical (unpaired) electrons. The summed E-state index contributed by atoms with van der Waals surface area (Å²) in [4.78, 5) is 38.2. The van der Waals surface area contributed by atoms with Gasteiger partial charge in [-0.2, -0.15) is 0 Å². The number of hydrogen-bond acceptors (Lipinski definition) is 7. The lowest BCUT2D eigenvalue weighted by molar-refractivity contribution is -0.384. The predicted molar refractivity (Wildman–Crippen MR) is 117 cm³/mol. The maximum Gasteiger partial charge on any atom is 0.273 e. The van der Waals surface area contributed by atoms with Crippen LogP contribution in [0.15, 0.2) is 36.4 Å². The lowest BCUT2D eigenvalue weighted by atomic mass is 10.0. The maximum atomic E-state index is 13.2. The van der Waals surface area contributed by atoms with Gasteiger partial charge in [-0.3, -0.25) is 24.6 Å². The minimum absolute atomic E-state index is 0.164. The van der Waals surface area contributed by atoms with Crippen molar-refractivity contribution in [3.8, 4) is 17.2 Å². The van der Waals surface area contributed by atoms with Gasteiger partial charge in [0.05, 0.1) is 30.9 Å². The van der Waals surface area contributed by atoms with Crippen LogP contribution in [-0.2, 0) is 9.59 Å². The molecule has 10 nitrogen and oxygen atoms in total. The van der Waals surface area contributed by atoms with E-state index in [4.69, 9.17) is 14.2 Å². The fourth-order valence-corrected chi connectivity index (χ4v) is 3.45. The summed E-state index contributed by atoms with van der Waals surface area (Å²) in [6, 6.07) is 7.96. The zero-order valence-corrected chi connectivity index (χ0v) is 18.4. The van der Waals surface area contributed by atoms with Gasteiger partial charge in [0.1, 0.15) is 6.04 Å². The Kier molecular flexibility index (Phi) is 6.52. The third-order valence-corrected chi connectivity index (χ3v) is 5.17. The van der Waals surface area contributed by atoms with Crippen molar-refractivity contribution in [3.05, 3.63) is 46.5 Å². The second kappa shape index (κ2) is 9.13. The Hall–Kier alpha value is -3.82. The fourth-order valence-electron chi connectivity index (χ4n) is 3.45. The van der Waals surface area contributed by atoms with Gasteiger partial charge in [-0.05, 0) is 31.0 Å². The first-order chi connectivity index (χ1) is 15.2. The highest BCUT2D eigenvalue weighted by Gasteiger charge is 2.41. The Labute approximate surface area is 185 Å². The first-order valence-corrected chi connectivity index (χ1v) is 9.99. The van der Waals surface area contributed by atoms with Crippen LogP contribution in [0.1, 0.15) is 20.8 Å². The standard InChI is InChI=1S/C22H25N3O7/c1-12(2)20-22(27)24(16-8-7-15(25(28)29)11-18(16)32-20)13(3)21(26)23-14-6-9-17(30-4)19(10-14)31-5/h6-13,20H,1-5H3,(H,23,26). The van der Waals surface area contributed by atoms with Crippen molar-refractivity contribution in [3.63, 3.8) is 0 Å². The van der Waals surface area contributed by atoms with Crippen LogP contribution in [0, 0.1) is 16.0 Å². The Bertz CT molecular complexity index is 1050. The summed E-state index contributed by atoms with van der Waals surface area (Å²) in [5, 5.41) is 14.0. The molecule has 0 bridgehead atoms. The van der Waals surface area contributed by atoms with E-state index in [0.717, 1.165) is 0 Å². The van der Waals surface area contributed by atoms with Crippen LogP contribution < -0.4 is 24.4 Å². The van der Waals surface area contributed by atoms with E-state index in [1.165, 1.54) is 37.3 Å². The van der Waals surface area contributed by atoms with E-state index in [1.807, 2.05) is 0 Å². The third kappa shape index (κ3) is 4.29. The Morgan fingerprint density at radius 3 is 2.41 bits per heavy atom. The number of fused-ring (bicyclic) bond motifs is 1. The van der Waals surface area contributed by atoms with Gasteiger partial charge in [0.15, 0.2) is 23.4 Å². The van der Waals surface area contributed by atoms with Crippen LogP contribution in [-0.4, -0.2) is 43.1 Å². The third-order valence-electron chi connectivity index (χ3n) is 5.17. The monoisotopic (exact) mass is 443 g/mol. The molecule has 2 aromatic carbocycles. The number of carbonyl (C=O) groups is 2. The minimum atomic E-state index is -0.916. The van der Waals surface area contributed by atoms with Crippen LogP contribution in [0.5, 0.6) is 17.2 Å². The number of nitro benzene ring substituents is 1. The second-order valence-corrected chi connectivity index (χ2v) is 7.63. The summed E-state index contributed by atoms with van der Waals surface area (Å²) in [5.74, 6) is 0.0903. The van der Waals surface area contributed by atoms with Crippen molar-refractivity contribution in [2.75, 3.05) is 24.4 Å². The molecule has 1 aliphatic rings. The summed E-state index contributed by atoms with van der Waals surface area (Å²) in [5.41, 5.74) is 0.597. The molecule has 170 valence electrons. The normalized spacial score (nSPS) is 16.1. The molecule has 0 aromatic heterocycles. The van der Waals surface area contributed by atoms with Crippen molar-refractivity contribution in [2.45, 2.75) is 32.9 Å². The summed E-state index contributed by atoms with van der Waals surface area (Å²) in [6.45, 7) is 5.19. The van der Waals surface area contributed by atoms with Crippen LogP contribution >= 0.6 is 0 Å². The van der Waals surface area contributed by atoms with Crippen molar-refractivity contribution in [1.29, 1.82) is 0 Å². The molecule has 32 heavy (non-hydrogen) atoms. The molecule has 2 unspecified atom stereocenters. The number of carbonyl (C=O) groups excluding carboxylic acids is 2. The van der Waals surface area contributed by atoms with Gasteiger partial charge in [-0.25, -0.2) is 0 Å². The topological polar surface area (TPSA) is 120 Å². The summed E-state index contributed by atoms with van der Waals surface area (Å²) in [6.07, 6.45) is -0.874. The fraction of sp³-hybridized carbons (Fsp3) is 0.364. The molecule has 0 fully saturated rings. The molecule has 3 rings (SSSR count). The summed E-state index contributed by atoms with van der Waals surface area (Å²) < 4.78 is 16.2. The zero-order chi connectivity index (χ0) is 23.6. The maximum absolute atomic E-state index is 13.2. The smallest absolute Gasteiger partial charge is 0.273 e. The van der Waals surface area contributed by atoms with Crippen LogP contribution in [0.2, 0.25) is 0 Å². The molecule has 0 spiro atoms. The lowest BCUT2D eigenvalue weighted by Crippen LogP contribution is -2.55. The molecule has 10 heteroatoms. The van der Waals surface area contributed by atoms with Crippen molar-refractivity contribution in [1.82, 2.24) is 0 Å². The number of hydrogen-bond donors (Lipinski definition) is 1. The van der Waals surface area contributed by atoms with Crippen molar-refractivity contribution >= 4 is 28.9 Å². The van der Waals surface area contributed by atoms with Crippen molar-refractivity contribution < 1.29 is 28.7 Å². The number of non-ortho nitro benzene ring substituents is 1. The van der Waals surface area contributed by atoms with E-state index >= 15 is 0 Å². The first-order valence-electron chi connectivity index (χ1n) is 9.99. The molecule has 1 aliphatic heterocycles. The van der Waals surface area contributed by atoms with E-state index in [2.05, 4.69) is 5.32 Å². The number of amides is 2. The average molecular weight is 443 g/mol. The Morgan fingerprint density at radius 1 is 1.12 bits per heavy atom. The lowest BCUT2D eigenvalue weighted by Gasteiger charge is -2.38. The number of nitrogens with one attached hydrogen (secondary N) is 1. The number of nitro groups is 1. The number of nitrogens with zero attached hydrogens (tertiary/aromatic N) is 2. The zero-order valence-electron chi connectivity index (χ0n) is 18.4. The number of ether oxygens (including phenoxy) is 3. The number of anilines is 2. The molecule has 1 N–H and O–H groups in total. The Morgan fingerprint density at radius 2 is 1.81 bits per heavy atom. The van der Waals surface area contributed by atoms with Gasteiger partial charge < -0.3 is 19.5 Å². The molecule has 0 aliphatic carbocycles. The van der Waals surface area contributed by atoms with E-state index < -0.39 is 28.9 Å². The van der Waals surface area contributed by atoms with Crippen molar-refractivity contribution in [2.24, 2.45) is 5.92 Å². The van der Waals surface area contributed by atoms with Crippen LogP contribution in [0.4, 0.5) is 17.1 Å². The van der Waals surface area contributed by atoms with Gasteiger partial charge in [0, 0.05) is 17.8 Å². The van der Waals surface area contributed by atoms with E-state index in [1.54, 1.807) is 39.0 Å². The Balaban J connectivity index is 1.93. The summed E-state index contributed by atoms with van der Waals surface area (Å²) >= 11 is 0. The van der Waals surface area contributed by atoms with Gasteiger partial charge >= 0.3 is 0 Å². The van der Waals surface area contributed by atoms with E-state index in [9.17, 15) is 19.7 Å². The SMILES string of the molecule is COc1ccc(NC(=O)C(C)N2C(=O)C(C(C)C)Oc3cc([N+](=O)[O-])ccc32)cc1OC. The second-order valence-electron chi connectivity index (χ2n) is 7.63. The molecule has 2 atom stereocenters. The number of methoxy groups -OCH3 is 2. The van der Waals surface area contributed by atoms with E-state index in [0.29, 0.717) is 22.9 Å². The number of rotatable bonds is 7. The minimum Gasteiger partial charge on any atom is -0.493 e. The molecule has 2 aromatic rings. The first kappa shape index (κ1) is 22.9. The highest BCUT2D eigenvalue weighted by Crippen LogP contribution is 2.39. The molecule has 0 saturated heterocycles. The van der Waals surface area contributed by atoms with Gasteiger partial charge in [-0.15, -0.1) is 0 Å². The van der Waals surface area contributed by atoms with Gasteiger partial charge in [0.2, 0.25) is 5.91 Å². The highest BCUT2D eigenvalue weighted by atomic mass is 16.6. The van der Waals surface area contributed by atoms with Crippen LogP contribution in [0.25, 0.3) is 0 Å². The van der Waals surface area contributed by atoms with Crippen LogP contribution in [0.3, 0.4) is 0 Å². The number of benzene rings is 2. The summed E-state index contributed by atoms with van der Waals surface area (Å²) in [7, 11) is 3.00. The molecular formula is C22H25N3O7. The predicted octanol–water partition coefficient (Wildman–Crippen LogP) is 3.39. The average Bonchev–Trinajstić information content (AvgIpc) is 2.77. The molecule has 2 amide bonds. The van der Waals surface area contributed by atoms with Gasteiger partial charge in [-0.1, -0.05) is 13.8 Å². The molecule has 0 saturated carbocycles. The largest absolute Gasteiger partial charge is 0.493 e. The highest BCUT2D eigenvalue weighted by molar-refractivity contribution is 6.08. The van der Waals surface area contributed by atoms with E-state index in [-0.39, 0.29) is 17.4 Å². The quantitative estimate of drug-likeness (QED) is 0.514.